The molecule has 2 N–H and O–H groups in total. The third-order valence-electron chi connectivity index (χ3n) is 1.74. The van der Waals surface area contributed by atoms with Crippen molar-refractivity contribution in [3.05, 3.63) is 33.6 Å². The SMILES string of the molecule is Nc1nc(-c2ccc(Cl)c(Cl)c2)cs1.[Br-]. The summed E-state index contributed by atoms with van der Waals surface area (Å²) in [6.07, 6.45) is 0. The Labute approximate surface area is 112 Å². The van der Waals surface area contributed by atoms with Crippen LogP contribution in [0.1, 0.15) is 0 Å². The maximum Gasteiger partial charge on any atom is 0.180 e. The number of nitrogens with two attached hydrogens (primary N) is 1. The molecule has 0 spiro atoms. The van der Waals surface area contributed by atoms with Crippen LogP contribution in [0.3, 0.4) is 0 Å². The van der Waals surface area contributed by atoms with Crippen LogP contribution >= 0.6 is 34.5 Å². The van der Waals surface area contributed by atoms with Gasteiger partial charge in [-0.1, -0.05) is 29.3 Å². The summed E-state index contributed by atoms with van der Waals surface area (Å²) in [7, 11) is 0. The highest BCUT2D eigenvalue weighted by molar-refractivity contribution is 7.13. The molecule has 2 nitrogen and oxygen atoms in total. The van der Waals surface area contributed by atoms with Gasteiger partial charge in [0.25, 0.3) is 0 Å². The van der Waals surface area contributed by atoms with E-state index in [2.05, 4.69) is 4.98 Å². The molecule has 0 unspecified atom stereocenters. The second-order valence-electron chi connectivity index (χ2n) is 2.70. The molecule has 1 aromatic heterocycles. The van der Waals surface area contributed by atoms with Gasteiger partial charge in [-0.2, -0.15) is 0 Å². The Morgan fingerprint density at radius 1 is 1.20 bits per heavy atom. The first-order chi connectivity index (χ1) is 6.66. The highest BCUT2D eigenvalue weighted by Gasteiger charge is 2.04. The van der Waals surface area contributed by atoms with Crippen molar-refractivity contribution in [3.8, 4) is 11.3 Å². The molecule has 0 saturated carbocycles. The summed E-state index contributed by atoms with van der Waals surface area (Å²) < 4.78 is 0. The standard InChI is InChI=1S/C9H6Cl2N2S.BrH/c10-6-2-1-5(3-7(6)11)8-4-14-9(12)13-8;/h1-4H,(H2,12,13);1H/p-1. The number of anilines is 1. The van der Waals surface area contributed by atoms with Crippen LogP contribution in [0.5, 0.6) is 0 Å². The molecule has 1 heterocycles. The number of rotatable bonds is 1. The number of hydrogen-bond donors (Lipinski definition) is 1. The van der Waals surface area contributed by atoms with Crippen molar-refractivity contribution in [2.75, 3.05) is 5.73 Å². The lowest BCUT2D eigenvalue weighted by Crippen LogP contribution is -3.00. The molecule has 2 rings (SSSR count). The van der Waals surface area contributed by atoms with Gasteiger partial charge in [0.15, 0.2) is 5.13 Å². The maximum absolute atomic E-state index is 5.88. The quantitative estimate of drug-likeness (QED) is 0.839. The first-order valence-electron chi connectivity index (χ1n) is 3.83. The Morgan fingerprint density at radius 3 is 2.47 bits per heavy atom. The van der Waals surface area contributed by atoms with E-state index in [1.54, 1.807) is 12.1 Å². The fourth-order valence-electron chi connectivity index (χ4n) is 1.08. The van der Waals surface area contributed by atoms with Crippen LogP contribution < -0.4 is 22.7 Å². The predicted octanol–water partition coefficient (Wildman–Crippen LogP) is 0.703. The van der Waals surface area contributed by atoms with Crippen LogP contribution in [0, 0.1) is 0 Å². The van der Waals surface area contributed by atoms with E-state index in [1.165, 1.54) is 11.3 Å². The maximum atomic E-state index is 5.88. The molecule has 15 heavy (non-hydrogen) atoms. The molecule has 0 atom stereocenters. The van der Waals surface area contributed by atoms with E-state index in [9.17, 15) is 0 Å². The minimum absolute atomic E-state index is 0. The zero-order valence-electron chi connectivity index (χ0n) is 7.38. The summed E-state index contributed by atoms with van der Waals surface area (Å²) in [6, 6.07) is 5.38. The average Bonchev–Trinajstić information content (AvgIpc) is 2.57. The van der Waals surface area contributed by atoms with Crippen LogP contribution in [-0.2, 0) is 0 Å². The third kappa shape index (κ3) is 2.84. The van der Waals surface area contributed by atoms with Gasteiger partial charge in [-0.15, -0.1) is 11.3 Å². The van der Waals surface area contributed by atoms with Crippen LogP contribution in [0.25, 0.3) is 11.3 Å². The number of aromatic nitrogens is 1. The number of nitrogen functional groups attached to an aromatic ring is 1. The monoisotopic (exact) mass is 323 g/mol. The van der Waals surface area contributed by atoms with E-state index in [0.717, 1.165) is 11.3 Å². The molecule has 6 heteroatoms. The molecule has 80 valence electrons. The molecule has 0 amide bonds. The van der Waals surface area contributed by atoms with Crippen molar-refractivity contribution in [1.29, 1.82) is 0 Å². The molecule has 0 radical (unpaired) electrons. The van der Waals surface area contributed by atoms with Gasteiger partial charge in [-0.3, -0.25) is 0 Å². The highest BCUT2D eigenvalue weighted by atomic mass is 79.9. The summed E-state index contributed by atoms with van der Waals surface area (Å²) in [6.45, 7) is 0. The van der Waals surface area contributed by atoms with Crippen molar-refractivity contribution >= 4 is 39.7 Å². The fraction of sp³-hybridized carbons (Fsp3) is 0. The summed E-state index contributed by atoms with van der Waals surface area (Å²) in [5, 5.41) is 3.50. The van der Waals surface area contributed by atoms with Gasteiger partial charge < -0.3 is 22.7 Å². The van der Waals surface area contributed by atoms with E-state index in [1.807, 2.05) is 11.4 Å². The van der Waals surface area contributed by atoms with Crippen molar-refractivity contribution in [2.24, 2.45) is 0 Å². The highest BCUT2D eigenvalue weighted by Crippen LogP contribution is 2.29. The summed E-state index contributed by atoms with van der Waals surface area (Å²) in [5.41, 5.74) is 7.28. The lowest BCUT2D eigenvalue weighted by atomic mass is 10.2. The minimum Gasteiger partial charge on any atom is -1.00 e. The van der Waals surface area contributed by atoms with E-state index in [-0.39, 0.29) is 17.0 Å². The number of benzene rings is 1. The average molecular weight is 325 g/mol. The largest absolute Gasteiger partial charge is 1.00 e. The number of thiazole rings is 1. The Hall–Kier alpha value is -0.290. The Morgan fingerprint density at radius 2 is 1.93 bits per heavy atom. The molecule has 0 bridgehead atoms. The molecule has 0 aliphatic rings. The summed E-state index contributed by atoms with van der Waals surface area (Å²) >= 11 is 13.1. The van der Waals surface area contributed by atoms with Gasteiger partial charge in [-0.25, -0.2) is 4.98 Å². The normalized spacial score (nSPS) is 9.73. The van der Waals surface area contributed by atoms with Crippen LogP contribution in [0.4, 0.5) is 5.13 Å². The molecule has 0 saturated heterocycles. The Balaban J connectivity index is 0.00000112. The van der Waals surface area contributed by atoms with Crippen LogP contribution in [0.2, 0.25) is 10.0 Å². The van der Waals surface area contributed by atoms with Gasteiger partial charge in [0.1, 0.15) is 0 Å². The number of hydrogen-bond acceptors (Lipinski definition) is 3. The van der Waals surface area contributed by atoms with E-state index in [0.29, 0.717) is 15.2 Å². The number of nitrogens with zero attached hydrogens (tertiary/aromatic N) is 1. The smallest absolute Gasteiger partial charge is 0.180 e. The summed E-state index contributed by atoms with van der Waals surface area (Å²) in [5.74, 6) is 0. The van der Waals surface area contributed by atoms with E-state index >= 15 is 0 Å². The predicted molar refractivity (Wildman–Crippen MR) is 62.0 cm³/mol. The van der Waals surface area contributed by atoms with Crippen molar-refractivity contribution < 1.29 is 17.0 Å². The molecule has 1 aromatic carbocycles. The molecule has 0 aliphatic heterocycles. The molecule has 0 aliphatic carbocycles. The van der Waals surface area contributed by atoms with Crippen molar-refractivity contribution in [1.82, 2.24) is 4.98 Å². The second kappa shape index (κ2) is 5.16. The first-order valence-corrected chi connectivity index (χ1v) is 5.47. The lowest BCUT2D eigenvalue weighted by molar-refractivity contribution is -0.00000262. The molecular formula is C9H6BrCl2N2S-. The molecule has 2 aromatic rings. The van der Waals surface area contributed by atoms with Gasteiger partial charge in [-0.05, 0) is 12.1 Å². The zero-order valence-corrected chi connectivity index (χ0v) is 11.3. The first kappa shape index (κ1) is 12.8. The Bertz CT molecular complexity index is 473. The number of halogens is 3. The van der Waals surface area contributed by atoms with Crippen molar-refractivity contribution in [2.45, 2.75) is 0 Å². The Kier molecular flexibility index (Phi) is 4.40. The minimum atomic E-state index is 0. The molecular weight excluding hydrogens is 319 g/mol. The second-order valence-corrected chi connectivity index (χ2v) is 4.40. The topological polar surface area (TPSA) is 38.9 Å². The zero-order chi connectivity index (χ0) is 10.1. The van der Waals surface area contributed by atoms with Gasteiger partial charge in [0, 0.05) is 10.9 Å². The van der Waals surface area contributed by atoms with E-state index in [4.69, 9.17) is 28.9 Å². The van der Waals surface area contributed by atoms with Crippen LogP contribution in [-0.4, -0.2) is 4.98 Å². The molecule has 0 fully saturated rings. The third-order valence-corrected chi connectivity index (χ3v) is 3.15. The van der Waals surface area contributed by atoms with Gasteiger partial charge >= 0.3 is 0 Å². The van der Waals surface area contributed by atoms with E-state index < -0.39 is 0 Å². The van der Waals surface area contributed by atoms with Gasteiger partial charge in [0.2, 0.25) is 0 Å². The van der Waals surface area contributed by atoms with Crippen molar-refractivity contribution in [3.63, 3.8) is 0 Å². The van der Waals surface area contributed by atoms with Crippen LogP contribution in [0.15, 0.2) is 23.6 Å². The van der Waals surface area contributed by atoms with Gasteiger partial charge in [0.05, 0.1) is 15.7 Å². The fourth-order valence-corrected chi connectivity index (χ4v) is 1.95. The summed E-state index contributed by atoms with van der Waals surface area (Å²) in [4.78, 5) is 4.15. The lowest BCUT2D eigenvalue weighted by Gasteiger charge is -1.98.